The molecule has 2 aromatic heterocycles. The molecule has 0 aliphatic heterocycles. The molecular formula is C14H20N6OS. The second-order valence-electron chi connectivity index (χ2n) is 4.76. The van der Waals surface area contributed by atoms with Crippen LogP contribution in [-0.4, -0.2) is 33.2 Å². The van der Waals surface area contributed by atoms with Crippen molar-refractivity contribution in [2.24, 2.45) is 0 Å². The molecule has 0 spiro atoms. The number of nitrogens with one attached hydrogen (secondary N) is 3. The maximum absolute atomic E-state index is 11.0. The normalized spacial score (nSPS) is 10.5. The van der Waals surface area contributed by atoms with Gasteiger partial charge in [0.25, 0.3) is 0 Å². The van der Waals surface area contributed by atoms with Gasteiger partial charge in [0.05, 0.1) is 17.7 Å². The highest BCUT2D eigenvalue weighted by Gasteiger charge is 2.04. The van der Waals surface area contributed by atoms with Gasteiger partial charge in [0.1, 0.15) is 11.6 Å². The van der Waals surface area contributed by atoms with E-state index in [0.717, 1.165) is 29.4 Å². The number of thioether (sulfide) groups is 1. The van der Waals surface area contributed by atoms with Gasteiger partial charge < -0.3 is 21.4 Å². The Hall–Kier alpha value is -2.22. The molecule has 0 aromatic carbocycles. The lowest BCUT2D eigenvalue weighted by Gasteiger charge is -2.09. The summed E-state index contributed by atoms with van der Waals surface area (Å²) in [5, 5.41) is 5.84. The molecule has 0 unspecified atom stereocenters. The Kier molecular flexibility index (Phi) is 5.65. The summed E-state index contributed by atoms with van der Waals surface area (Å²) >= 11 is 1.80. The molecule has 8 heteroatoms. The quantitative estimate of drug-likeness (QED) is 0.581. The number of carbonyl (C=O) groups is 1. The van der Waals surface area contributed by atoms with Crippen LogP contribution in [0, 0.1) is 6.92 Å². The lowest BCUT2D eigenvalue weighted by Crippen LogP contribution is -2.11. The average molecular weight is 320 g/mol. The van der Waals surface area contributed by atoms with E-state index in [2.05, 4.69) is 25.6 Å². The number of H-pyrrole nitrogens is 1. The van der Waals surface area contributed by atoms with E-state index >= 15 is 0 Å². The Balaban J connectivity index is 1.74. The monoisotopic (exact) mass is 320 g/mol. The second-order valence-corrected chi connectivity index (χ2v) is 5.87. The first-order valence-corrected chi connectivity index (χ1v) is 8.06. The fourth-order valence-electron chi connectivity index (χ4n) is 1.82. The summed E-state index contributed by atoms with van der Waals surface area (Å²) in [5.41, 5.74) is 8.53. The molecule has 0 bridgehead atoms. The number of nitrogens with two attached hydrogens (primary N) is 1. The van der Waals surface area contributed by atoms with Gasteiger partial charge in [-0.2, -0.15) is 11.8 Å². The number of nitrogen functional groups attached to an aromatic ring is 1. The average Bonchev–Trinajstić information content (AvgIpc) is 2.86. The van der Waals surface area contributed by atoms with E-state index in [1.807, 2.05) is 6.92 Å². The second kappa shape index (κ2) is 7.69. The van der Waals surface area contributed by atoms with Gasteiger partial charge in [-0.3, -0.25) is 4.79 Å². The van der Waals surface area contributed by atoms with Gasteiger partial charge in [-0.1, -0.05) is 0 Å². The number of nitrogens with zero attached hydrogens (tertiary/aromatic N) is 2. The van der Waals surface area contributed by atoms with Crippen molar-refractivity contribution in [1.29, 1.82) is 0 Å². The summed E-state index contributed by atoms with van der Waals surface area (Å²) in [6, 6.07) is 3.54. The summed E-state index contributed by atoms with van der Waals surface area (Å²) in [7, 11) is 0. The first-order chi connectivity index (χ1) is 10.6. The van der Waals surface area contributed by atoms with Crippen molar-refractivity contribution < 1.29 is 4.79 Å². The number of anilines is 3. The predicted molar refractivity (Wildman–Crippen MR) is 90.9 cm³/mol. The number of aromatic amines is 1. The van der Waals surface area contributed by atoms with Crippen LogP contribution in [0.5, 0.6) is 0 Å². The minimum Gasteiger partial charge on any atom is -0.382 e. The number of aromatic nitrogens is 3. The van der Waals surface area contributed by atoms with Crippen LogP contribution in [0.1, 0.15) is 18.3 Å². The minimum atomic E-state index is -0.167. The zero-order valence-electron chi connectivity index (χ0n) is 12.6. The molecule has 0 aliphatic rings. The van der Waals surface area contributed by atoms with Crippen LogP contribution >= 0.6 is 11.8 Å². The number of hydrogen-bond acceptors (Lipinski definition) is 6. The lowest BCUT2D eigenvalue weighted by atomic mass is 10.3. The Morgan fingerprint density at radius 3 is 2.91 bits per heavy atom. The van der Waals surface area contributed by atoms with Gasteiger partial charge in [0, 0.05) is 30.7 Å². The maximum Gasteiger partial charge on any atom is 0.221 e. The molecule has 7 nitrogen and oxygen atoms in total. The topological polar surface area (TPSA) is 109 Å². The molecule has 0 radical (unpaired) electrons. The maximum atomic E-state index is 11.0. The van der Waals surface area contributed by atoms with Crippen LogP contribution < -0.4 is 16.4 Å². The molecule has 0 atom stereocenters. The molecule has 0 fully saturated rings. The number of amides is 1. The molecule has 1 amide bonds. The molecule has 118 valence electrons. The number of carbonyl (C=O) groups excluding carboxylic acids is 1. The molecule has 0 saturated carbocycles. The van der Waals surface area contributed by atoms with Crippen molar-refractivity contribution in [3.05, 3.63) is 29.8 Å². The van der Waals surface area contributed by atoms with Crippen molar-refractivity contribution >= 4 is 35.0 Å². The van der Waals surface area contributed by atoms with Crippen molar-refractivity contribution in [3.63, 3.8) is 0 Å². The van der Waals surface area contributed by atoms with E-state index < -0.39 is 0 Å². The van der Waals surface area contributed by atoms with Crippen molar-refractivity contribution in [1.82, 2.24) is 15.0 Å². The van der Waals surface area contributed by atoms with E-state index in [-0.39, 0.29) is 5.91 Å². The summed E-state index contributed by atoms with van der Waals surface area (Å²) in [5.74, 6) is 2.65. The third-order valence-electron chi connectivity index (χ3n) is 2.96. The largest absolute Gasteiger partial charge is 0.382 e. The third kappa shape index (κ3) is 4.66. The highest BCUT2D eigenvalue weighted by molar-refractivity contribution is 7.98. The van der Waals surface area contributed by atoms with E-state index in [9.17, 15) is 4.79 Å². The van der Waals surface area contributed by atoms with Gasteiger partial charge >= 0.3 is 0 Å². The third-order valence-corrected chi connectivity index (χ3v) is 3.93. The molecule has 2 heterocycles. The fourth-order valence-corrected chi connectivity index (χ4v) is 2.70. The molecule has 0 saturated heterocycles. The van der Waals surface area contributed by atoms with Crippen molar-refractivity contribution in [3.8, 4) is 0 Å². The number of rotatable bonds is 7. The smallest absolute Gasteiger partial charge is 0.221 e. The number of imidazole rings is 1. The van der Waals surface area contributed by atoms with Crippen LogP contribution in [0.4, 0.5) is 17.3 Å². The van der Waals surface area contributed by atoms with Gasteiger partial charge in [-0.05, 0) is 19.1 Å². The van der Waals surface area contributed by atoms with E-state index in [1.54, 1.807) is 30.2 Å². The van der Waals surface area contributed by atoms with Gasteiger partial charge in [0.2, 0.25) is 5.91 Å². The fraction of sp³-hybridized carbons (Fsp3) is 0.357. The van der Waals surface area contributed by atoms with Crippen LogP contribution in [0.3, 0.4) is 0 Å². The molecule has 0 aliphatic carbocycles. The molecule has 22 heavy (non-hydrogen) atoms. The van der Waals surface area contributed by atoms with E-state index in [0.29, 0.717) is 17.3 Å². The highest BCUT2D eigenvalue weighted by atomic mass is 32.2. The number of pyridine rings is 1. The van der Waals surface area contributed by atoms with Crippen LogP contribution in [0.15, 0.2) is 18.5 Å². The standard InChI is InChI=1S/C14H20N6OS/c1-9-12(18-8-17-9)7-22-6-5-16-13-4-3-11(14(15)20-13)19-10(2)21/h3-4,8H,5-7H2,1-2H3,(H,17,18)(H,19,21)(H3,15,16,20). The first-order valence-electron chi connectivity index (χ1n) is 6.91. The summed E-state index contributed by atoms with van der Waals surface area (Å²) in [6.45, 7) is 4.23. The highest BCUT2D eigenvalue weighted by Crippen LogP contribution is 2.18. The van der Waals surface area contributed by atoms with Crippen LogP contribution in [0.25, 0.3) is 0 Å². The molecular weight excluding hydrogens is 300 g/mol. The lowest BCUT2D eigenvalue weighted by molar-refractivity contribution is -0.114. The Bertz CT molecular complexity index is 642. The van der Waals surface area contributed by atoms with E-state index in [4.69, 9.17) is 5.73 Å². The zero-order valence-corrected chi connectivity index (χ0v) is 13.5. The predicted octanol–water partition coefficient (Wildman–Crippen LogP) is 2.00. The first kappa shape index (κ1) is 16.2. The molecule has 2 aromatic rings. The van der Waals surface area contributed by atoms with Crippen LogP contribution in [-0.2, 0) is 10.5 Å². The van der Waals surface area contributed by atoms with Crippen molar-refractivity contribution in [2.45, 2.75) is 19.6 Å². The van der Waals surface area contributed by atoms with Crippen molar-refractivity contribution in [2.75, 3.05) is 28.7 Å². The minimum absolute atomic E-state index is 0.167. The number of hydrogen-bond donors (Lipinski definition) is 4. The molecule has 5 N–H and O–H groups in total. The summed E-state index contributed by atoms with van der Waals surface area (Å²) < 4.78 is 0. The SMILES string of the molecule is CC(=O)Nc1ccc(NCCSCc2nc[nH]c2C)nc1N. The van der Waals surface area contributed by atoms with E-state index in [1.165, 1.54) is 6.92 Å². The number of aryl methyl sites for hydroxylation is 1. The Morgan fingerprint density at radius 2 is 2.27 bits per heavy atom. The summed E-state index contributed by atoms with van der Waals surface area (Å²) in [4.78, 5) is 22.5. The van der Waals surface area contributed by atoms with Gasteiger partial charge in [-0.15, -0.1) is 0 Å². The van der Waals surface area contributed by atoms with Gasteiger partial charge in [0.15, 0.2) is 0 Å². The Labute approximate surface area is 133 Å². The Morgan fingerprint density at radius 1 is 1.45 bits per heavy atom. The van der Waals surface area contributed by atoms with Gasteiger partial charge in [-0.25, -0.2) is 9.97 Å². The zero-order chi connectivity index (χ0) is 15.9. The summed E-state index contributed by atoms with van der Waals surface area (Å²) in [6.07, 6.45) is 1.72. The molecule has 2 rings (SSSR count). The van der Waals surface area contributed by atoms with Crippen LogP contribution in [0.2, 0.25) is 0 Å².